The van der Waals surface area contributed by atoms with Gasteiger partial charge in [0.05, 0.1) is 6.54 Å². The highest BCUT2D eigenvalue weighted by Gasteiger charge is 2.09. The summed E-state index contributed by atoms with van der Waals surface area (Å²) in [6.07, 6.45) is 6.18. The molecule has 0 bridgehead atoms. The number of anilines is 1. The Kier molecular flexibility index (Phi) is 3.18. The van der Waals surface area contributed by atoms with Crippen LogP contribution in [0.2, 0.25) is 0 Å². The van der Waals surface area contributed by atoms with Gasteiger partial charge in [-0.1, -0.05) is 31.5 Å². The van der Waals surface area contributed by atoms with Gasteiger partial charge in [-0.2, -0.15) is 0 Å². The largest absolute Gasteiger partial charge is 0.341 e. The Labute approximate surface area is 90.9 Å². The van der Waals surface area contributed by atoms with Gasteiger partial charge in [0.2, 0.25) is 0 Å². The Morgan fingerprint density at radius 3 is 2.80 bits per heavy atom. The van der Waals surface area contributed by atoms with Crippen LogP contribution in [0.3, 0.4) is 0 Å². The van der Waals surface area contributed by atoms with Crippen molar-refractivity contribution in [2.75, 3.05) is 11.4 Å². The van der Waals surface area contributed by atoms with Crippen LogP contribution in [-0.4, -0.2) is 12.3 Å². The molecule has 2 rings (SSSR count). The van der Waals surface area contributed by atoms with Crippen molar-refractivity contribution in [2.24, 2.45) is 4.99 Å². The molecule has 2 nitrogen and oxygen atoms in total. The number of rotatable bonds is 3. The SMILES string of the molecule is CCCC1=NC=CN(c2ccccc2)C1. The van der Waals surface area contributed by atoms with Crippen LogP contribution in [0.4, 0.5) is 5.69 Å². The number of para-hydroxylation sites is 1. The van der Waals surface area contributed by atoms with E-state index in [0.29, 0.717) is 0 Å². The Morgan fingerprint density at radius 2 is 2.07 bits per heavy atom. The second kappa shape index (κ2) is 4.78. The Balaban J connectivity index is 2.09. The highest BCUT2D eigenvalue weighted by molar-refractivity contribution is 5.90. The monoisotopic (exact) mass is 200 g/mol. The predicted molar refractivity (Wildman–Crippen MR) is 65.3 cm³/mol. The van der Waals surface area contributed by atoms with Crippen molar-refractivity contribution >= 4 is 11.4 Å². The molecule has 1 heterocycles. The first-order chi connectivity index (χ1) is 7.40. The molecule has 0 aliphatic carbocycles. The van der Waals surface area contributed by atoms with Gasteiger partial charge in [0, 0.05) is 23.8 Å². The van der Waals surface area contributed by atoms with E-state index in [1.165, 1.54) is 11.4 Å². The number of hydrogen-bond acceptors (Lipinski definition) is 2. The van der Waals surface area contributed by atoms with Crippen molar-refractivity contribution in [3.63, 3.8) is 0 Å². The lowest BCUT2D eigenvalue weighted by Crippen LogP contribution is -2.26. The van der Waals surface area contributed by atoms with Crippen molar-refractivity contribution in [3.8, 4) is 0 Å². The maximum absolute atomic E-state index is 4.39. The standard InChI is InChI=1S/C13H16N2/c1-2-6-12-11-15(10-9-14-12)13-7-4-3-5-8-13/h3-5,7-10H,2,6,11H2,1H3. The third-order valence-corrected chi connectivity index (χ3v) is 2.48. The van der Waals surface area contributed by atoms with Crippen LogP contribution in [0.5, 0.6) is 0 Å². The molecule has 0 aromatic heterocycles. The van der Waals surface area contributed by atoms with Gasteiger partial charge < -0.3 is 4.90 Å². The van der Waals surface area contributed by atoms with Crippen molar-refractivity contribution in [1.82, 2.24) is 0 Å². The number of benzene rings is 1. The average Bonchev–Trinajstić information content (AvgIpc) is 2.31. The van der Waals surface area contributed by atoms with Gasteiger partial charge in [0.15, 0.2) is 0 Å². The van der Waals surface area contributed by atoms with Crippen LogP contribution in [0.1, 0.15) is 19.8 Å². The molecular weight excluding hydrogens is 184 g/mol. The first kappa shape index (κ1) is 9.97. The van der Waals surface area contributed by atoms with Crippen molar-refractivity contribution in [3.05, 3.63) is 42.7 Å². The smallest absolute Gasteiger partial charge is 0.0609 e. The van der Waals surface area contributed by atoms with Crippen LogP contribution in [0.15, 0.2) is 47.7 Å². The lowest BCUT2D eigenvalue weighted by molar-refractivity contribution is 0.950. The summed E-state index contributed by atoms with van der Waals surface area (Å²) in [6.45, 7) is 3.11. The summed E-state index contributed by atoms with van der Waals surface area (Å²) in [7, 11) is 0. The van der Waals surface area contributed by atoms with Crippen molar-refractivity contribution in [1.29, 1.82) is 0 Å². The van der Waals surface area contributed by atoms with E-state index in [9.17, 15) is 0 Å². The fourth-order valence-corrected chi connectivity index (χ4v) is 1.74. The molecule has 0 amide bonds. The molecule has 0 radical (unpaired) electrons. The molecule has 0 spiro atoms. The Bertz CT molecular complexity index is 365. The zero-order valence-electron chi connectivity index (χ0n) is 9.06. The Hall–Kier alpha value is -1.57. The highest BCUT2D eigenvalue weighted by Crippen LogP contribution is 2.16. The number of hydrogen-bond donors (Lipinski definition) is 0. The zero-order valence-corrected chi connectivity index (χ0v) is 9.06. The van der Waals surface area contributed by atoms with Gasteiger partial charge in [-0.3, -0.25) is 4.99 Å². The molecule has 0 saturated carbocycles. The van der Waals surface area contributed by atoms with E-state index in [4.69, 9.17) is 0 Å². The van der Waals surface area contributed by atoms with E-state index in [0.717, 1.165) is 19.4 Å². The third-order valence-electron chi connectivity index (χ3n) is 2.48. The Morgan fingerprint density at radius 1 is 1.27 bits per heavy atom. The molecule has 0 unspecified atom stereocenters. The quantitative estimate of drug-likeness (QED) is 0.731. The highest BCUT2D eigenvalue weighted by atomic mass is 15.1. The van der Waals surface area contributed by atoms with Crippen molar-refractivity contribution in [2.45, 2.75) is 19.8 Å². The molecule has 0 saturated heterocycles. The van der Waals surface area contributed by atoms with E-state index in [1.807, 2.05) is 18.5 Å². The van der Waals surface area contributed by atoms with Gasteiger partial charge >= 0.3 is 0 Å². The summed E-state index contributed by atoms with van der Waals surface area (Å²) < 4.78 is 0. The van der Waals surface area contributed by atoms with E-state index in [-0.39, 0.29) is 0 Å². The minimum absolute atomic E-state index is 0.925. The molecule has 2 heteroatoms. The van der Waals surface area contributed by atoms with Crippen LogP contribution in [0, 0.1) is 0 Å². The van der Waals surface area contributed by atoms with Gasteiger partial charge in [-0.25, -0.2) is 0 Å². The molecule has 1 aromatic carbocycles. The second-order valence-electron chi connectivity index (χ2n) is 3.71. The summed E-state index contributed by atoms with van der Waals surface area (Å²) in [5.74, 6) is 0. The molecule has 1 aliphatic rings. The van der Waals surface area contributed by atoms with Gasteiger partial charge in [0.1, 0.15) is 0 Å². The van der Waals surface area contributed by atoms with E-state index >= 15 is 0 Å². The summed E-state index contributed by atoms with van der Waals surface area (Å²) in [6, 6.07) is 10.4. The molecule has 0 N–H and O–H groups in total. The molecule has 1 aliphatic heterocycles. The van der Waals surface area contributed by atoms with Crippen LogP contribution in [0.25, 0.3) is 0 Å². The van der Waals surface area contributed by atoms with Crippen LogP contribution in [-0.2, 0) is 0 Å². The van der Waals surface area contributed by atoms with E-state index in [2.05, 4.69) is 41.1 Å². The third kappa shape index (κ3) is 2.46. The van der Waals surface area contributed by atoms with Crippen LogP contribution < -0.4 is 4.90 Å². The van der Waals surface area contributed by atoms with Crippen molar-refractivity contribution < 1.29 is 0 Å². The lowest BCUT2D eigenvalue weighted by Gasteiger charge is -2.23. The summed E-state index contributed by atoms with van der Waals surface area (Å²) in [4.78, 5) is 6.62. The molecule has 15 heavy (non-hydrogen) atoms. The first-order valence-corrected chi connectivity index (χ1v) is 5.44. The normalized spacial score (nSPS) is 15.3. The number of nitrogens with zero attached hydrogens (tertiary/aromatic N) is 2. The average molecular weight is 200 g/mol. The molecule has 0 fully saturated rings. The van der Waals surface area contributed by atoms with E-state index in [1.54, 1.807) is 0 Å². The molecule has 78 valence electrons. The topological polar surface area (TPSA) is 15.6 Å². The van der Waals surface area contributed by atoms with Gasteiger partial charge in [-0.05, 0) is 18.6 Å². The molecule has 1 aromatic rings. The van der Waals surface area contributed by atoms with E-state index < -0.39 is 0 Å². The van der Waals surface area contributed by atoms with Crippen LogP contribution >= 0.6 is 0 Å². The number of aliphatic imine (C=N–C) groups is 1. The minimum Gasteiger partial charge on any atom is -0.341 e. The first-order valence-electron chi connectivity index (χ1n) is 5.44. The maximum Gasteiger partial charge on any atom is 0.0609 e. The van der Waals surface area contributed by atoms with Gasteiger partial charge in [0.25, 0.3) is 0 Å². The zero-order chi connectivity index (χ0) is 10.5. The maximum atomic E-state index is 4.39. The fourth-order valence-electron chi connectivity index (χ4n) is 1.74. The minimum atomic E-state index is 0.925. The summed E-state index contributed by atoms with van der Waals surface area (Å²) in [5.41, 5.74) is 2.50. The summed E-state index contributed by atoms with van der Waals surface area (Å²) in [5, 5.41) is 0. The molecular formula is C13H16N2. The summed E-state index contributed by atoms with van der Waals surface area (Å²) >= 11 is 0. The van der Waals surface area contributed by atoms with Gasteiger partial charge in [-0.15, -0.1) is 0 Å². The second-order valence-corrected chi connectivity index (χ2v) is 3.71. The fraction of sp³-hybridized carbons (Fsp3) is 0.308. The lowest BCUT2D eigenvalue weighted by atomic mass is 10.2. The molecule has 0 atom stereocenters. The predicted octanol–water partition coefficient (Wildman–Crippen LogP) is 3.22.